The van der Waals surface area contributed by atoms with Crippen LogP contribution in [-0.4, -0.2) is 41.0 Å². The minimum Gasteiger partial charge on any atom is -0.478 e. The van der Waals surface area contributed by atoms with Crippen LogP contribution in [0.4, 0.5) is 5.69 Å². The predicted octanol–water partition coefficient (Wildman–Crippen LogP) is 4.82. The second-order valence-electron chi connectivity index (χ2n) is 7.03. The topological polar surface area (TPSA) is 142 Å². The lowest BCUT2D eigenvalue weighted by Gasteiger charge is -2.13. The molecule has 3 aromatic carbocycles. The van der Waals surface area contributed by atoms with Gasteiger partial charge >= 0.3 is 11.9 Å². The first-order chi connectivity index (χ1) is 16.7. The first kappa shape index (κ1) is 26.6. The Balaban J connectivity index is 0.00000210. The fourth-order valence-electron chi connectivity index (χ4n) is 3.01. The van der Waals surface area contributed by atoms with E-state index in [1.807, 2.05) is 45.0 Å². The van der Waals surface area contributed by atoms with Crippen LogP contribution in [0.1, 0.15) is 60.8 Å². The molecule has 0 radical (unpaired) electrons. The molecular weight excluding hydrogens is 452 g/mol. The normalized spacial score (nSPS) is 9.83. The summed E-state index contributed by atoms with van der Waals surface area (Å²) in [4.78, 5) is 48.0. The number of ether oxygens (including phenoxy) is 1. The van der Waals surface area contributed by atoms with Gasteiger partial charge in [0.2, 0.25) is 0 Å². The number of anilines is 1. The van der Waals surface area contributed by atoms with Crippen molar-refractivity contribution in [2.75, 3.05) is 12.4 Å². The lowest BCUT2D eigenvalue weighted by molar-refractivity contribution is 0.0689. The maximum absolute atomic E-state index is 12.8. The largest absolute Gasteiger partial charge is 0.478 e. The molecule has 0 spiro atoms. The standard InChI is InChI=1S/C24H20N2O7.C2H6/c1-13-3-7-15(8-4-13)33-16-9-5-14(6-10-16)26-22(28)18-11-17(21(27)25-2)19(23(29)30)12-20(18)24(31)32;1-2/h3-12H,1-2H3,(H,25,27)(H,26,28)(H,29,30)(H,31,32);1-2H3. The van der Waals surface area contributed by atoms with Gasteiger partial charge in [-0.3, -0.25) is 9.59 Å². The van der Waals surface area contributed by atoms with Gasteiger partial charge in [-0.25, -0.2) is 9.59 Å². The van der Waals surface area contributed by atoms with E-state index in [0.717, 1.165) is 17.7 Å². The number of aromatic carboxylic acids is 2. The number of nitrogens with one attached hydrogen (secondary N) is 2. The molecule has 9 nitrogen and oxygen atoms in total. The van der Waals surface area contributed by atoms with E-state index in [1.165, 1.54) is 7.05 Å². The fraction of sp³-hybridized carbons (Fsp3) is 0.154. The summed E-state index contributed by atoms with van der Waals surface area (Å²) >= 11 is 0. The van der Waals surface area contributed by atoms with Crippen molar-refractivity contribution in [2.24, 2.45) is 0 Å². The molecule has 0 aliphatic rings. The predicted molar refractivity (Wildman–Crippen MR) is 131 cm³/mol. The molecule has 3 rings (SSSR count). The van der Waals surface area contributed by atoms with Crippen molar-refractivity contribution in [3.63, 3.8) is 0 Å². The van der Waals surface area contributed by atoms with Crippen LogP contribution >= 0.6 is 0 Å². The van der Waals surface area contributed by atoms with Gasteiger partial charge < -0.3 is 25.6 Å². The molecule has 0 saturated carbocycles. The molecule has 0 saturated heterocycles. The van der Waals surface area contributed by atoms with Crippen LogP contribution in [0, 0.1) is 6.92 Å². The summed E-state index contributed by atoms with van der Waals surface area (Å²) in [6.45, 7) is 5.96. The highest BCUT2D eigenvalue weighted by atomic mass is 16.5. The van der Waals surface area contributed by atoms with Crippen LogP contribution < -0.4 is 15.4 Å². The second-order valence-corrected chi connectivity index (χ2v) is 7.03. The number of amides is 2. The van der Waals surface area contributed by atoms with E-state index < -0.39 is 34.9 Å². The highest BCUT2D eigenvalue weighted by Gasteiger charge is 2.25. The van der Waals surface area contributed by atoms with Crippen molar-refractivity contribution in [1.29, 1.82) is 0 Å². The number of hydrogen-bond acceptors (Lipinski definition) is 5. The van der Waals surface area contributed by atoms with Crippen LogP contribution in [0.2, 0.25) is 0 Å². The summed E-state index contributed by atoms with van der Waals surface area (Å²) in [6.07, 6.45) is 0. The molecule has 0 heterocycles. The number of aryl methyl sites for hydroxylation is 1. The Hall–Kier alpha value is -4.66. The quantitative estimate of drug-likeness (QED) is 0.381. The van der Waals surface area contributed by atoms with Gasteiger partial charge in [-0.2, -0.15) is 0 Å². The van der Waals surface area contributed by atoms with Gasteiger partial charge in [-0.1, -0.05) is 31.5 Å². The van der Waals surface area contributed by atoms with Gasteiger partial charge in [0.05, 0.1) is 22.3 Å². The zero-order chi connectivity index (χ0) is 26.1. The molecule has 35 heavy (non-hydrogen) atoms. The Kier molecular flexibility index (Phi) is 9.11. The van der Waals surface area contributed by atoms with Crippen molar-refractivity contribution in [3.05, 3.63) is 88.5 Å². The zero-order valence-corrected chi connectivity index (χ0v) is 19.7. The molecule has 0 aliphatic carbocycles. The highest BCUT2D eigenvalue weighted by Crippen LogP contribution is 2.24. The minimum atomic E-state index is -1.51. The van der Waals surface area contributed by atoms with E-state index in [2.05, 4.69) is 10.6 Å². The Bertz CT molecular complexity index is 1230. The summed E-state index contributed by atoms with van der Waals surface area (Å²) in [6, 6.07) is 15.6. The Morgan fingerprint density at radius 2 is 1.11 bits per heavy atom. The maximum Gasteiger partial charge on any atom is 0.336 e. The molecule has 0 unspecified atom stereocenters. The third kappa shape index (κ3) is 6.67. The summed E-state index contributed by atoms with van der Waals surface area (Å²) in [5.74, 6) is -3.42. The molecule has 9 heteroatoms. The second kappa shape index (κ2) is 12.0. The summed E-state index contributed by atoms with van der Waals surface area (Å²) < 4.78 is 5.73. The molecule has 3 aromatic rings. The lowest BCUT2D eigenvalue weighted by atomic mass is 9.97. The molecule has 0 bridgehead atoms. The van der Waals surface area contributed by atoms with Crippen molar-refractivity contribution >= 4 is 29.4 Å². The fourth-order valence-corrected chi connectivity index (χ4v) is 3.01. The number of rotatable bonds is 7. The number of carbonyl (C=O) groups excluding carboxylic acids is 2. The third-order valence-electron chi connectivity index (χ3n) is 4.70. The van der Waals surface area contributed by atoms with Crippen LogP contribution in [0.5, 0.6) is 11.5 Å². The smallest absolute Gasteiger partial charge is 0.336 e. The molecule has 0 aromatic heterocycles. The first-order valence-corrected chi connectivity index (χ1v) is 10.7. The Labute approximate surface area is 202 Å². The van der Waals surface area contributed by atoms with Gasteiger partial charge in [0.15, 0.2) is 0 Å². The average Bonchev–Trinajstić information content (AvgIpc) is 2.86. The van der Waals surface area contributed by atoms with Crippen LogP contribution in [0.3, 0.4) is 0 Å². The van der Waals surface area contributed by atoms with E-state index in [1.54, 1.807) is 24.3 Å². The molecule has 2 amide bonds. The molecule has 0 fully saturated rings. The van der Waals surface area contributed by atoms with E-state index in [0.29, 0.717) is 17.2 Å². The number of carboxylic acids is 2. The molecule has 182 valence electrons. The number of carbonyl (C=O) groups is 4. The van der Waals surface area contributed by atoms with Gasteiger partial charge in [-0.05, 0) is 55.5 Å². The van der Waals surface area contributed by atoms with Crippen LogP contribution in [0.15, 0.2) is 60.7 Å². The van der Waals surface area contributed by atoms with E-state index in [-0.39, 0.29) is 11.1 Å². The van der Waals surface area contributed by atoms with E-state index in [4.69, 9.17) is 4.74 Å². The number of hydrogen-bond donors (Lipinski definition) is 4. The third-order valence-corrected chi connectivity index (χ3v) is 4.70. The van der Waals surface area contributed by atoms with E-state index >= 15 is 0 Å². The maximum atomic E-state index is 12.8. The minimum absolute atomic E-state index is 0.331. The Morgan fingerprint density at radius 1 is 0.686 bits per heavy atom. The SMILES string of the molecule is CC.CNC(=O)c1cc(C(=O)Nc2ccc(Oc3ccc(C)cc3)cc2)c(C(=O)O)cc1C(=O)O. The summed E-state index contributed by atoms with van der Waals surface area (Å²) in [5.41, 5.74) is -0.320. The van der Waals surface area contributed by atoms with Gasteiger partial charge in [0.1, 0.15) is 11.5 Å². The Morgan fingerprint density at radius 3 is 1.57 bits per heavy atom. The molecule has 0 aliphatic heterocycles. The van der Waals surface area contributed by atoms with Crippen molar-refractivity contribution < 1.29 is 34.1 Å². The van der Waals surface area contributed by atoms with Crippen LogP contribution in [0.25, 0.3) is 0 Å². The zero-order valence-electron chi connectivity index (χ0n) is 19.7. The van der Waals surface area contributed by atoms with Crippen molar-refractivity contribution in [2.45, 2.75) is 20.8 Å². The molecule has 4 N–H and O–H groups in total. The average molecular weight is 479 g/mol. The summed E-state index contributed by atoms with van der Waals surface area (Å²) in [7, 11) is 1.29. The lowest BCUT2D eigenvalue weighted by Crippen LogP contribution is -2.24. The number of carboxylic acid groups (broad SMARTS) is 2. The molecule has 0 atom stereocenters. The van der Waals surface area contributed by atoms with Crippen LogP contribution in [-0.2, 0) is 0 Å². The van der Waals surface area contributed by atoms with Crippen molar-refractivity contribution in [1.82, 2.24) is 5.32 Å². The highest BCUT2D eigenvalue weighted by molar-refractivity contribution is 6.14. The van der Waals surface area contributed by atoms with E-state index in [9.17, 15) is 29.4 Å². The first-order valence-electron chi connectivity index (χ1n) is 10.7. The monoisotopic (exact) mass is 478 g/mol. The van der Waals surface area contributed by atoms with Gasteiger partial charge in [-0.15, -0.1) is 0 Å². The number of benzene rings is 3. The summed E-state index contributed by atoms with van der Waals surface area (Å²) in [5, 5.41) is 23.6. The van der Waals surface area contributed by atoms with Gasteiger partial charge in [0.25, 0.3) is 11.8 Å². The van der Waals surface area contributed by atoms with Crippen molar-refractivity contribution in [3.8, 4) is 11.5 Å². The molecular formula is C26H26N2O7. The van der Waals surface area contributed by atoms with Gasteiger partial charge in [0, 0.05) is 12.7 Å².